The zero-order valence-corrected chi connectivity index (χ0v) is 14.3. The predicted molar refractivity (Wildman–Crippen MR) is 88.7 cm³/mol. The second-order valence-corrected chi connectivity index (χ2v) is 5.96. The standard InChI is InChI=1S/C18H33NO/c1-7-13-19(18(20)17(6)8-2)14-12-16(5)11-9-10-15(3)4/h10,12,17H,7-9,11,13-14H2,1-6H3. The highest BCUT2D eigenvalue weighted by Crippen LogP contribution is 2.10. The number of hydrogen-bond acceptors (Lipinski definition) is 1. The van der Waals surface area contributed by atoms with Gasteiger partial charge in [0.15, 0.2) is 0 Å². The van der Waals surface area contributed by atoms with Crippen molar-refractivity contribution in [2.45, 2.75) is 67.2 Å². The number of nitrogens with zero attached hydrogens (tertiary/aromatic N) is 1. The quantitative estimate of drug-likeness (QED) is 0.546. The van der Waals surface area contributed by atoms with Crippen LogP contribution in [0.15, 0.2) is 23.3 Å². The summed E-state index contributed by atoms with van der Waals surface area (Å²) >= 11 is 0. The first-order valence-corrected chi connectivity index (χ1v) is 8.00. The minimum Gasteiger partial charge on any atom is -0.339 e. The van der Waals surface area contributed by atoms with Crippen molar-refractivity contribution >= 4 is 5.91 Å². The Morgan fingerprint density at radius 3 is 2.30 bits per heavy atom. The topological polar surface area (TPSA) is 20.3 Å². The molecule has 0 aliphatic carbocycles. The molecule has 0 aliphatic heterocycles. The number of carbonyl (C=O) groups is 1. The molecule has 0 bridgehead atoms. The Labute approximate surface area is 125 Å². The van der Waals surface area contributed by atoms with Crippen LogP contribution in [0.4, 0.5) is 0 Å². The number of carbonyl (C=O) groups excluding carboxylic acids is 1. The molecule has 1 amide bonds. The van der Waals surface area contributed by atoms with Crippen LogP contribution in [0.5, 0.6) is 0 Å². The lowest BCUT2D eigenvalue weighted by Gasteiger charge is -2.24. The average Bonchev–Trinajstić information content (AvgIpc) is 2.41. The molecular weight excluding hydrogens is 246 g/mol. The van der Waals surface area contributed by atoms with Gasteiger partial charge in [0.1, 0.15) is 0 Å². The van der Waals surface area contributed by atoms with Gasteiger partial charge < -0.3 is 4.90 Å². The van der Waals surface area contributed by atoms with Gasteiger partial charge in [-0.15, -0.1) is 0 Å². The van der Waals surface area contributed by atoms with E-state index >= 15 is 0 Å². The number of hydrogen-bond donors (Lipinski definition) is 0. The van der Waals surface area contributed by atoms with E-state index in [4.69, 9.17) is 0 Å². The molecule has 1 atom stereocenters. The summed E-state index contributed by atoms with van der Waals surface area (Å²) in [6.07, 6.45) is 8.61. The third-order valence-corrected chi connectivity index (χ3v) is 3.59. The van der Waals surface area contributed by atoms with Gasteiger partial charge in [-0.05, 0) is 46.5 Å². The molecule has 2 nitrogen and oxygen atoms in total. The van der Waals surface area contributed by atoms with Crippen molar-refractivity contribution < 1.29 is 4.79 Å². The van der Waals surface area contributed by atoms with Gasteiger partial charge in [-0.2, -0.15) is 0 Å². The Kier molecular flexibility index (Phi) is 10.1. The summed E-state index contributed by atoms with van der Waals surface area (Å²) in [5.41, 5.74) is 2.75. The third kappa shape index (κ3) is 8.19. The fourth-order valence-electron chi connectivity index (χ4n) is 2.00. The summed E-state index contributed by atoms with van der Waals surface area (Å²) in [7, 11) is 0. The fraction of sp³-hybridized carbons (Fsp3) is 0.722. The van der Waals surface area contributed by atoms with E-state index < -0.39 is 0 Å². The van der Waals surface area contributed by atoms with Gasteiger partial charge in [0, 0.05) is 19.0 Å². The first-order valence-electron chi connectivity index (χ1n) is 8.00. The van der Waals surface area contributed by atoms with Gasteiger partial charge in [0.05, 0.1) is 0 Å². The molecule has 20 heavy (non-hydrogen) atoms. The van der Waals surface area contributed by atoms with Crippen LogP contribution < -0.4 is 0 Å². The van der Waals surface area contributed by atoms with Crippen LogP contribution in [0.2, 0.25) is 0 Å². The maximum Gasteiger partial charge on any atom is 0.225 e. The monoisotopic (exact) mass is 279 g/mol. The van der Waals surface area contributed by atoms with E-state index in [1.165, 1.54) is 11.1 Å². The van der Waals surface area contributed by atoms with Crippen LogP contribution in [0.1, 0.15) is 67.2 Å². The second kappa shape index (κ2) is 10.7. The van der Waals surface area contributed by atoms with Gasteiger partial charge in [0.25, 0.3) is 0 Å². The minimum absolute atomic E-state index is 0.140. The Bertz CT molecular complexity index is 337. The first-order chi connectivity index (χ1) is 9.42. The van der Waals surface area contributed by atoms with Crippen LogP contribution in [0.25, 0.3) is 0 Å². The zero-order chi connectivity index (χ0) is 15.5. The summed E-state index contributed by atoms with van der Waals surface area (Å²) in [5, 5.41) is 0. The lowest BCUT2D eigenvalue weighted by molar-refractivity contribution is -0.134. The molecule has 0 saturated heterocycles. The lowest BCUT2D eigenvalue weighted by atomic mass is 10.1. The molecule has 0 aliphatic rings. The van der Waals surface area contributed by atoms with Crippen molar-refractivity contribution in [3.05, 3.63) is 23.3 Å². The van der Waals surface area contributed by atoms with Crippen molar-refractivity contribution in [3.8, 4) is 0 Å². The molecule has 0 fully saturated rings. The van der Waals surface area contributed by atoms with Crippen molar-refractivity contribution in [2.24, 2.45) is 5.92 Å². The largest absolute Gasteiger partial charge is 0.339 e. The minimum atomic E-state index is 0.140. The molecule has 0 spiro atoms. The maximum atomic E-state index is 12.3. The van der Waals surface area contributed by atoms with Crippen molar-refractivity contribution in [3.63, 3.8) is 0 Å². The highest BCUT2D eigenvalue weighted by molar-refractivity contribution is 5.78. The van der Waals surface area contributed by atoms with Crippen LogP contribution in [0.3, 0.4) is 0 Å². The van der Waals surface area contributed by atoms with Gasteiger partial charge in [-0.3, -0.25) is 4.79 Å². The van der Waals surface area contributed by atoms with Crippen molar-refractivity contribution in [1.29, 1.82) is 0 Å². The van der Waals surface area contributed by atoms with Gasteiger partial charge in [-0.1, -0.05) is 44.1 Å². The van der Waals surface area contributed by atoms with Crippen LogP contribution >= 0.6 is 0 Å². The highest BCUT2D eigenvalue weighted by atomic mass is 16.2. The molecule has 0 N–H and O–H groups in total. The lowest BCUT2D eigenvalue weighted by Crippen LogP contribution is -2.35. The maximum absolute atomic E-state index is 12.3. The van der Waals surface area contributed by atoms with Gasteiger partial charge in [-0.25, -0.2) is 0 Å². The summed E-state index contributed by atoms with van der Waals surface area (Å²) in [4.78, 5) is 14.3. The summed E-state index contributed by atoms with van der Waals surface area (Å²) in [5.74, 6) is 0.434. The Hall–Kier alpha value is -1.05. The molecule has 0 rings (SSSR count). The van der Waals surface area contributed by atoms with E-state index in [2.05, 4.69) is 46.8 Å². The molecule has 2 heteroatoms. The SMILES string of the molecule is CCCN(CC=C(C)CCC=C(C)C)C(=O)C(C)CC. The highest BCUT2D eigenvalue weighted by Gasteiger charge is 2.17. The van der Waals surface area contributed by atoms with Crippen LogP contribution in [-0.4, -0.2) is 23.9 Å². The molecule has 0 aromatic heterocycles. The summed E-state index contributed by atoms with van der Waals surface area (Å²) < 4.78 is 0. The predicted octanol–water partition coefficient (Wildman–Crippen LogP) is 4.96. The van der Waals surface area contributed by atoms with E-state index in [1.54, 1.807) is 0 Å². The Morgan fingerprint density at radius 2 is 1.80 bits per heavy atom. The molecule has 0 heterocycles. The molecule has 0 aromatic rings. The van der Waals surface area contributed by atoms with E-state index in [0.29, 0.717) is 5.91 Å². The Balaban J connectivity index is 4.44. The van der Waals surface area contributed by atoms with E-state index in [-0.39, 0.29) is 5.92 Å². The number of rotatable bonds is 9. The molecule has 0 saturated carbocycles. The van der Waals surface area contributed by atoms with E-state index in [0.717, 1.165) is 38.8 Å². The zero-order valence-electron chi connectivity index (χ0n) is 14.3. The normalized spacial score (nSPS) is 13.0. The fourth-order valence-corrected chi connectivity index (χ4v) is 2.00. The molecule has 1 unspecified atom stereocenters. The Morgan fingerprint density at radius 1 is 1.15 bits per heavy atom. The van der Waals surface area contributed by atoms with Gasteiger partial charge in [0.2, 0.25) is 5.91 Å². The summed E-state index contributed by atoms with van der Waals surface area (Å²) in [6, 6.07) is 0. The smallest absolute Gasteiger partial charge is 0.225 e. The first kappa shape index (κ1) is 18.9. The summed E-state index contributed by atoms with van der Waals surface area (Å²) in [6.45, 7) is 14.3. The number of allylic oxidation sites excluding steroid dienone is 3. The van der Waals surface area contributed by atoms with E-state index in [1.807, 2.05) is 11.8 Å². The van der Waals surface area contributed by atoms with Crippen molar-refractivity contribution in [2.75, 3.05) is 13.1 Å². The number of amides is 1. The third-order valence-electron chi connectivity index (χ3n) is 3.59. The van der Waals surface area contributed by atoms with Crippen LogP contribution in [0, 0.1) is 5.92 Å². The molecule has 0 radical (unpaired) electrons. The van der Waals surface area contributed by atoms with Crippen molar-refractivity contribution in [1.82, 2.24) is 4.90 Å². The molecule has 0 aromatic carbocycles. The van der Waals surface area contributed by atoms with E-state index in [9.17, 15) is 4.79 Å². The molecule has 116 valence electrons. The van der Waals surface area contributed by atoms with Crippen LogP contribution in [-0.2, 0) is 4.79 Å². The second-order valence-electron chi connectivity index (χ2n) is 5.96. The van der Waals surface area contributed by atoms with Gasteiger partial charge >= 0.3 is 0 Å². The average molecular weight is 279 g/mol. The molecular formula is C18H33NO.